The Morgan fingerprint density at radius 1 is 1.67 bits per heavy atom. The van der Waals surface area contributed by atoms with E-state index in [0.29, 0.717) is 5.66 Å². The molecule has 0 bridgehead atoms. The molecular weight excluding hydrogens is 74.9 g/mol. The summed E-state index contributed by atoms with van der Waals surface area (Å²) in [5.41, 5.74) is 0.343. The number of hydrogen-bond donors (Lipinski definition) is 1. The average Bonchev–Trinajstić information content (AvgIpc) is 1.86. The summed E-state index contributed by atoms with van der Waals surface area (Å²) in [6.07, 6.45) is 3.43. The number of rotatable bonds is 0. The van der Waals surface area contributed by atoms with Crippen LogP contribution in [-0.4, -0.2) is 12.4 Å². The van der Waals surface area contributed by atoms with Crippen LogP contribution in [0.5, 0.6) is 0 Å². The van der Waals surface area contributed by atoms with Crippen LogP contribution in [0.25, 0.3) is 0 Å². The zero-order valence-corrected chi connectivity index (χ0v) is 3.26. The Kier molecular flexibility index (Phi) is 0.711. The number of aliphatic hydroxyl groups excluding tert-OH is 1. The lowest BCUT2D eigenvalue weighted by atomic mass is 9.80. The van der Waals surface area contributed by atoms with Gasteiger partial charge in [0.15, 0.2) is 0 Å². The molecule has 1 heterocycles. The minimum atomic E-state index is 0.343. The third-order valence-electron chi connectivity index (χ3n) is 0.645. The van der Waals surface area contributed by atoms with Gasteiger partial charge < -0.3 is 5.11 Å². The van der Waals surface area contributed by atoms with E-state index in [0.717, 1.165) is 0 Å². The molecule has 0 fully saturated rings. The Bertz CT molecular complexity index is 104. The molecule has 0 aromatic heterocycles. The fraction of sp³-hybridized carbons (Fsp3) is 0. The molecule has 1 aliphatic rings. The molecule has 0 aromatic carbocycles. The minimum Gasteiger partial charge on any atom is -0.523 e. The normalized spacial score (nSPS) is 17.0. The second-order valence-electron chi connectivity index (χ2n) is 1.14. The van der Waals surface area contributed by atoms with E-state index in [4.69, 9.17) is 5.11 Å². The topological polar surface area (TPSA) is 20.2 Å². The first-order valence-electron chi connectivity index (χ1n) is 1.80. The molecular formula is C4H4BO. The second-order valence-corrected chi connectivity index (χ2v) is 1.14. The van der Waals surface area contributed by atoms with E-state index in [2.05, 4.69) is 0 Å². The van der Waals surface area contributed by atoms with Gasteiger partial charge in [0.2, 0.25) is 7.28 Å². The number of allylic oxidation sites excluding steroid dienone is 2. The third kappa shape index (κ3) is 0.457. The van der Waals surface area contributed by atoms with Crippen LogP contribution in [0.2, 0.25) is 0 Å². The summed E-state index contributed by atoms with van der Waals surface area (Å²) < 4.78 is 0. The van der Waals surface area contributed by atoms with Crippen LogP contribution >= 0.6 is 0 Å². The lowest BCUT2D eigenvalue weighted by Crippen LogP contribution is -1.82. The first kappa shape index (κ1) is 3.53. The second kappa shape index (κ2) is 1.21. The Labute approximate surface area is 37.2 Å². The van der Waals surface area contributed by atoms with Crippen LogP contribution in [0.3, 0.4) is 0 Å². The monoisotopic (exact) mass is 79.0 g/mol. The smallest absolute Gasteiger partial charge is 0.230 e. The Morgan fingerprint density at radius 2 is 2.50 bits per heavy atom. The van der Waals surface area contributed by atoms with Gasteiger partial charge in [0.1, 0.15) is 0 Å². The summed E-state index contributed by atoms with van der Waals surface area (Å²) in [6.45, 7) is 0. The largest absolute Gasteiger partial charge is 0.523 e. The summed E-state index contributed by atoms with van der Waals surface area (Å²) in [5, 5.41) is 8.47. The van der Waals surface area contributed by atoms with Crippen LogP contribution in [0.15, 0.2) is 23.8 Å². The molecule has 1 aliphatic heterocycles. The van der Waals surface area contributed by atoms with Crippen molar-refractivity contribution in [1.29, 1.82) is 0 Å². The van der Waals surface area contributed by atoms with Crippen molar-refractivity contribution in [2.75, 3.05) is 0 Å². The quantitative estimate of drug-likeness (QED) is 0.422. The molecule has 1 radical (unpaired) electrons. The summed E-state index contributed by atoms with van der Waals surface area (Å²) in [7, 11) is 1.64. The summed E-state index contributed by atoms with van der Waals surface area (Å²) >= 11 is 0. The number of hydrogen-bond acceptors (Lipinski definition) is 1. The van der Waals surface area contributed by atoms with E-state index < -0.39 is 0 Å². The van der Waals surface area contributed by atoms with Crippen molar-refractivity contribution in [3.63, 3.8) is 0 Å². The molecule has 1 N–H and O–H groups in total. The zero-order chi connectivity index (χ0) is 4.41. The Balaban J connectivity index is 2.61. The molecule has 29 valence electrons. The maximum Gasteiger partial charge on any atom is 0.230 e. The fourth-order valence-electron chi connectivity index (χ4n) is 0.364. The van der Waals surface area contributed by atoms with E-state index in [-0.39, 0.29) is 0 Å². The average molecular weight is 78.9 g/mol. The summed E-state index contributed by atoms with van der Waals surface area (Å²) in [6, 6.07) is 0. The standard InChI is InChI=1S/C4H4BO/c6-4-2-1-3-5-4/h1-3,6H. The maximum absolute atomic E-state index is 8.47. The molecule has 0 spiro atoms. The summed E-state index contributed by atoms with van der Waals surface area (Å²) in [4.78, 5) is 0. The molecule has 1 rings (SSSR count). The van der Waals surface area contributed by atoms with Crippen LogP contribution in [0, 0.1) is 0 Å². The molecule has 0 saturated heterocycles. The van der Waals surface area contributed by atoms with Gasteiger partial charge in [0, 0.05) is 5.66 Å². The predicted molar refractivity (Wildman–Crippen MR) is 25.6 cm³/mol. The van der Waals surface area contributed by atoms with Crippen molar-refractivity contribution in [3.05, 3.63) is 23.8 Å². The first-order chi connectivity index (χ1) is 2.89. The van der Waals surface area contributed by atoms with Gasteiger partial charge in [-0.25, -0.2) is 0 Å². The van der Waals surface area contributed by atoms with E-state index >= 15 is 0 Å². The van der Waals surface area contributed by atoms with Gasteiger partial charge in [-0.05, 0) is 6.08 Å². The highest BCUT2D eigenvalue weighted by atomic mass is 16.3. The zero-order valence-electron chi connectivity index (χ0n) is 3.26. The van der Waals surface area contributed by atoms with Crippen molar-refractivity contribution in [3.8, 4) is 0 Å². The lowest BCUT2D eigenvalue weighted by Gasteiger charge is -1.77. The highest BCUT2D eigenvalue weighted by Crippen LogP contribution is 1.93. The number of aliphatic hydroxyl groups is 1. The highest BCUT2D eigenvalue weighted by Gasteiger charge is 1.92. The minimum absolute atomic E-state index is 0.343. The van der Waals surface area contributed by atoms with E-state index in [9.17, 15) is 0 Å². The van der Waals surface area contributed by atoms with Gasteiger partial charge >= 0.3 is 0 Å². The van der Waals surface area contributed by atoms with Crippen LogP contribution in [0.4, 0.5) is 0 Å². The molecule has 0 unspecified atom stereocenters. The molecule has 2 heteroatoms. The SMILES string of the molecule is OC1=CC=C[B]1. The van der Waals surface area contributed by atoms with Crippen molar-refractivity contribution < 1.29 is 5.11 Å². The lowest BCUT2D eigenvalue weighted by molar-refractivity contribution is 0.451. The van der Waals surface area contributed by atoms with Gasteiger partial charge in [-0.2, -0.15) is 0 Å². The van der Waals surface area contributed by atoms with Crippen LogP contribution < -0.4 is 0 Å². The van der Waals surface area contributed by atoms with Crippen molar-refractivity contribution in [2.24, 2.45) is 0 Å². The molecule has 6 heavy (non-hydrogen) atoms. The van der Waals surface area contributed by atoms with E-state index in [1.807, 2.05) is 0 Å². The molecule has 0 aromatic rings. The highest BCUT2D eigenvalue weighted by molar-refractivity contribution is 6.51. The Hall–Kier alpha value is -0.655. The van der Waals surface area contributed by atoms with Gasteiger partial charge in [-0.3, -0.25) is 0 Å². The van der Waals surface area contributed by atoms with Crippen molar-refractivity contribution in [2.45, 2.75) is 0 Å². The summed E-state index contributed by atoms with van der Waals surface area (Å²) in [5.74, 6) is 1.79. The van der Waals surface area contributed by atoms with E-state index in [1.54, 1.807) is 25.4 Å². The molecule has 1 nitrogen and oxygen atoms in total. The molecule has 0 amide bonds. The van der Waals surface area contributed by atoms with Gasteiger partial charge in [-0.1, -0.05) is 6.08 Å². The van der Waals surface area contributed by atoms with E-state index in [1.165, 1.54) is 0 Å². The van der Waals surface area contributed by atoms with Gasteiger partial charge in [0.25, 0.3) is 0 Å². The molecule has 0 atom stereocenters. The van der Waals surface area contributed by atoms with Crippen molar-refractivity contribution >= 4 is 7.28 Å². The predicted octanol–water partition coefficient (Wildman–Crippen LogP) is 0.617. The Morgan fingerprint density at radius 3 is 2.67 bits per heavy atom. The first-order valence-corrected chi connectivity index (χ1v) is 1.80. The van der Waals surface area contributed by atoms with Gasteiger partial charge in [0.05, 0.1) is 0 Å². The van der Waals surface area contributed by atoms with Gasteiger partial charge in [-0.15, -0.1) is 5.98 Å². The van der Waals surface area contributed by atoms with Crippen LogP contribution in [0.1, 0.15) is 0 Å². The third-order valence-corrected chi connectivity index (χ3v) is 0.645. The molecule has 0 saturated carbocycles. The molecule has 0 aliphatic carbocycles. The maximum atomic E-state index is 8.47. The van der Waals surface area contributed by atoms with Crippen LogP contribution in [-0.2, 0) is 0 Å². The fourth-order valence-corrected chi connectivity index (χ4v) is 0.364. The van der Waals surface area contributed by atoms with Crippen molar-refractivity contribution in [1.82, 2.24) is 0 Å².